The molecule has 0 aliphatic rings. The fraction of sp³-hybridized carbons (Fsp3) is 0. The molecule has 0 aliphatic heterocycles. The molecular weight excluding hydrogens is 341 g/mol. The van der Waals surface area contributed by atoms with Gasteiger partial charge in [0.2, 0.25) is 0 Å². The lowest BCUT2D eigenvalue weighted by atomic mass is 10.3. The Kier molecular flexibility index (Phi) is 3.86. The van der Waals surface area contributed by atoms with Crippen molar-refractivity contribution in [2.24, 2.45) is 0 Å². The second kappa shape index (κ2) is 6.47. The SMILES string of the molecule is O=C(Nc1ccc(-n2cnnn2)cc1)c1nnn(-c2ccc(F)cc2)n1. The summed E-state index contributed by atoms with van der Waals surface area (Å²) >= 11 is 0. The fourth-order valence-electron chi connectivity index (χ4n) is 2.15. The maximum atomic E-state index is 13.0. The number of rotatable bonds is 4. The Morgan fingerprint density at radius 1 is 0.962 bits per heavy atom. The number of anilines is 1. The summed E-state index contributed by atoms with van der Waals surface area (Å²) in [5, 5.41) is 25.1. The van der Waals surface area contributed by atoms with Crippen molar-refractivity contribution in [2.75, 3.05) is 5.32 Å². The number of tetrazole rings is 2. The average Bonchev–Trinajstić information content (AvgIpc) is 3.35. The maximum absolute atomic E-state index is 13.0. The minimum absolute atomic E-state index is 0.112. The third-order valence-electron chi connectivity index (χ3n) is 3.41. The van der Waals surface area contributed by atoms with Gasteiger partial charge in [0.1, 0.15) is 12.1 Å². The standard InChI is InChI=1S/C15H10FN9O/c16-10-1-5-13(6-2-10)25-20-14(19-22-25)15(26)18-11-3-7-12(8-4-11)24-9-17-21-23-24/h1-9H,(H,18,26). The molecule has 0 spiro atoms. The van der Waals surface area contributed by atoms with E-state index >= 15 is 0 Å². The van der Waals surface area contributed by atoms with Crippen LogP contribution in [0.4, 0.5) is 10.1 Å². The van der Waals surface area contributed by atoms with Crippen LogP contribution in [0, 0.1) is 5.82 Å². The van der Waals surface area contributed by atoms with E-state index in [1.165, 1.54) is 35.3 Å². The van der Waals surface area contributed by atoms with Crippen LogP contribution in [-0.2, 0) is 0 Å². The summed E-state index contributed by atoms with van der Waals surface area (Å²) < 4.78 is 14.4. The highest BCUT2D eigenvalue weighted by molar-refractivity contribution is 6.01. The normalized spacial score (nSPS) is 10.7. The number of nitrogens with zero attached hydrogens (tertiary/aromatic N) is 8. The van der Waals surface area contributed by atoms with E-state index in [1.54, 1.807) is 24.3 Å². The lowest BCUT2D eigenvalue weighted by Gasteiger charge is -2.04. The van der Waals surface area contributed by atoms with Gasteiger partial charge in [-0.15, -0.1) is 20.1 Å². The molecule has 1 N–H and O–H groups in total. The number of aromatic nitrogens is 8. The molecule has 0 atom stereocenters. The highest BCUT2D eigenvalue weighted by Gasteiger charge is 2.14. The van der Waals surface area contributed by atoms with Crippen molar-refractivity contribution in [1.29, 1.82) is 0 Å². The summed E-state index contributed by atoms with van der Waals surface area (Å²) in [6.07, 6.45) is 1.46. The van der Waals surface area contributed by atoms with Crippen LogP contribution in [0.15, 0.2) is 54.9 Å². The fourth-order valence-corrected chi connectivity index (χ4v) is 2.15. The molecule has 0 unspecified atom stereocenters. The molecule has 0 radical (unpaired) electrons. The first-order chi connectivity index (χ1) is 12.7. The molecule has 4 aromatic rings. The van der Waals surface area contributed by atoms with E-state index < -0.39 is 5.91 Å². The van der Waals surface area contributed by atoms with E-state index in [2.05, 4.69) is 36.3 Å². The Bertz CT molecular complexity index is 1030. The zero-order valence-corrected chi connectivity index (χ0v) is 13.1. The van der Waals surface area contributed by atoms with Gasteiger partial charge in [0, 0.05) is 5.69 Å². The van der Waals surface area contributed by atoms with E-state index in [9.17, 15) is 9.18 Å². The van der Waals surface area contributed by atoms with Gasteiger partial charge >= 0.3 is 0 Å². The molecule has 0 aliphatic carbocycles. The average molecular weight is 351 g/mol. The van der Waals surface area contributed by atoms with Crippen molar-refractivity contribution in [3.63, 3.8) is 0 Å². The quantitative estimate of drug-likeness (QED) is 0.583. The van der Waals surface area contributed by atoms with E-state index in [1.807, 2.05) is 0 Å². The van der Waals surface area contributed by atoms with Gasteiger partial charge in [0.25, 0.3) is 11.7 Å². The Hall–Kier alpha value is -4.02. The Morgan fingerprint density at radius 3 is 2.38 bits per heavy atom. The zero-order valence-electron chi connectivity index (χ0n) is 13.1. The van der Waals surface area contributed by atoms with Crippen LogP contribution < -0.4 is 5.32 Å². The van der Waals surface area contributed by atoms with E-state index in [0.717, 1.165) is 10.5 Å². The number of halogens is 1. The molecule has 4 rings (SSSR count). The molecule has 0 fully saturated rings. The summed E-state index contributed by atoms with van der Waals surface area (Å²) in [5.41, 5.74) is 1.78. The van der Waals surface area contributed by atoms with Crippen LogP contribution >= 0.6 is 0 Å². The monoisotopic (exact) mass is 351 g/mol. The first-order valence-electron chi connectivity index (χ1n) is 7.40. The van der Waals surface area contributed by atoms with Crippen molar-refractivity contribution in [3.8, 4) is 11.4 Å². The molecule has 1 amide bonds. The molecule has 0 bridgehead atoms. The summed E-state index contributed by atoms with van der Waals surface area (Å²) in [4.78, 5) is 13.4. The second-order valence-electron chi connectivity index (χ2n) is 5.13. The van der Waals surface area contributed by atoms with Gasteiger partial charge < -0.3 is 5.32 Å². The predicted molar refractivity (Wildman–Crippen MR) is 86.2 cm³/mol. The van der Waals surface area contributed by atoms with Crippen molar-refractivity contribution < 1.29 is 9.18 Å². The Morgan fingerprint density at radius 2 is 1.69 bits per heavy atom. The molecule has 2 aromatic carbocycles. The molecule has 10 nitrogen and oxygen atoms in total. The smallest absolute Gasteiger partial charge is 0.297 e. The van der Waals surface area contributed by atoms with E-state index in [-0.39, 0.29) is 11.6 Å². The van der Waals surface area contributed by atoms with E-state index in [0.29, 0.717) is 11.4 Å². The highest BCUT2D eigenvalue weighted by atomic mass is 19.1. The van der Waals surface area contributed by atoms with Crippen molar-refractivity contribution >= 4 is 11.6 Å². The Balaban J connectivity index is 1.47. The number of amides is 1. The molecule has 11 heteroatoms. The van der Waals surface area contributed by atoms with Crippen LogP contribution in [0.3, 0.4) is 0 Å². The molecule has 0 saturated carbocycles. The number of hydrogen-bond donors (Lipinski definition) is 1. The van der Waals surface area contributed by atoms with Crippen LogP contribution in [0.25, 0.3) is 11.4 Å². The number of nitrogens with one attached hydrogen (secondary N) is 1. The second-order valence-corrected chi connectivity index (χ2v) is 5.13. The van der Waals surface area contributed by atoms with Gasteiger partial charge in [-0.05, 0) is 64.2 Å². The third-order valence-corrected chi connectivity index (χ3v) is 3.41. The van der Waals surface area contributed by atoms with Gasteiger partial charge in [-0.1, -0.05) is 0 Å². The van der Waals surface area contributed by atoms with Crippen LogP contribution in [0.5, 0.6) is 0 Å². The summed E-state index contributed by atoms with van der Waals surface area (Å²) in [6, 6.07) is 12.4. The van der Waals surface area contributed by atoms with Crippen molar-refractivity contribution in [2.45, 2.75) is 0 Å². The largest absolute Gasteiger partial charge is 0.319 e. The minimum atomic E-state index is -0.520. The molecule has 0 saturated heterocycles. The minimum Gasteiger partial charge on any atom is -0.319 e. The molecule has 128 valence electrons. The van der Waals surface area contributed by atoms with Gasteiger partial charge in [-0.25, -0.2) is 9.07 Å². The van der Waals surface area contributed by atoms with Gasteiger partial charge in [0.15, 0.2) is 0 Å². The molecule has 2 heterocycles. The lowest BCUT2D eigenvalue weighted by Crippen LogP contribution is -2.14. The zero-order chi connectivity index (χ0) is 17.9. The maximum Gasteiger partial charge on any atom is 0.297 e. The first-order valence-corrected chi connectivity index (χ1v) is 7.40. The Labute approximate surface area is 145 Å². The number of carbonyl (C=O) groups is 1. The molecular formula is C15H10FN9O. The number of benzene rings is 2. The molecule has 2 aromatic heterocycles. The summed E-state index contributed by atoms with van der Waals surface area (Å²) in [5.74, 6) is -1.01. The highest BCUT2D eigenvalue weighted by Crippen LogP contribution is 2.13. The van der Waals surface area contributed by atoms with Crippen LogP contribution in [0.2, 0.25) is 0 Å². The van der Waals surface area contributed by atoms with Crippen molar-refractivity contribution in [1.82, 2.24) is 40.4 Å². The van der Waals surface area contributed by atoms with Gasteiger partial charge in [-0.2, -0.15) is 0 Å². The van der Waals surface area contributed by atoms with E-state index in [4.69, 9.17) is 0 Å². The molecule has 26 heavy (non-hydrogen) atoms. The topological polar surface area (TPSA) is 116 Å². The predicted octanol–water partition coefficient (Wildman–Crippen LogP) is 1.03. The van der Waals surface area contributed by atoms with Gasteiger partial charge in [-0.3, -0.25) is 4.79 Å². The third kappa shape index (κ3) is 3.13. The van der Waals surface area contributed by atoms with Crippen LogP contribution in [-0.4, -0.2) is 46.3 Å². The first kappa shape index (κ1) is 15.5. The van der Waals surface area contributed by atoms with Gasteiger partial charge in [0.05, 0.1) is 11.4 Å². The van der Waals surface area contributed by atoms with Crippen LogP contribution in [0.1, 0.15) is 10.6 Å². The number of hydrogen-bond acceptors (Lipinski definition) is 7. The summed E-state index contributed by atoms with van der Waals surface area (Å²) in [6.45, 7) is 0. The number of carbonyl (C=O) groups excluding carboxylic acids is 1. The lowest BCUT2D eigenvalue weighted by molar-refractivity contribution is 0.101. The van der Waals surface area contributed by atoms with Crippen molar-refractivity contribution in [3.05, 3.63) is 66.5 Å². The summed E-state index contributed by atoms with van der Waals surface area (Å²) in [7, 11) is 0.